The van der Waals surface area contributed by atoms with Gasteiger partial charge in [0, 0.05) is 7.05 Å². The summed E-state index contributed by atoms with van der Waals surface area (Å²) in [6.45, 7) is 5.40. The lowest BCUT2D eigenvalue weighted by Gasteiger charge is -2.41. The number of urea groups is 1. The van der Waals surface area contributed by atoms with Gasteiger partial charge in [-0.25, -0.2) is 4.79 Å². The Labute approximate surface area is 106 Å². The molecule has 1 spiro atoms. The summed E-state index contributed by atoms with van der Waals surface area (Å²) in [4.78, 5) is 36.1. The SMILES string of the molecule is CN1C(=O)NC2(CC(C(=O)OC(C)(C)C)C2)C1=O. The fraction of sp³-hybridized carbons (Fsp3) is 0.750. The Morgan fingerprint density at radius 2 is 1.94 bits per heavy atom. The van der Waals surface area contributed by atoms with E-state index in [0.717, 1.165) is 4.90 Å². The fourth-order valence-electron chi connectivity index (χ4n) is 2.37. The Balaban J connectivity index is 1.97. The molecule has 6 nitrogen and oxygen atoms in total. The predicted molar refractivity (Wildman–Crippen MR) is 62.6 cm³/mol. The molecule has 1 saturated carbocycles. The van der Waals surface area contributed by atoms with Gasteiger partial charge in [0.25, 0.3) is 5.91 Å². The Morgan fingerprint density at radius 3 is 2.33 bits per heavy atom. The van der Waals surface area contributed by atoms with Crippen LogP contribution in [0.15, 0.2) is 0 Å². The molecule has 0 aromatic heterocycles. The predicted octanol–water partition coefficient (Wildman–Crippen LogP) is 0.658. The summed E-state index contributed by atoms with van der Waals surface area (Å²) in [7, 11) is 1.44. The van der Waals surface area contributed by atoms with Crippen molar-refractivity contribution in [1.29, 1.82) is 0 Å². The number of carbonyl (C=O) groups is 3. The highest BCUT2D eigenvalue weighted by molar-refractivity contribution is 6.08. The summed E-state index contributed by atoms with van der Waals surface area (Å²) < 4.78 is 5.26. The van der Waals surface area contributed by atoms with E-state index in [0.29, 0.717) is 12.8 Å². The van der Waals surface area contributed by atoms with Gasteiger partial charge in [0.2, 0.25) is 0 Å². The maximum atomic E-state index is 11.9. The number of esters is 1. The van der Waals surface area contributed by atoms with Crippen molar-refractivity contribution < 1.29 is 19.1 Å². The zero-order valence-corrected chi connectivity index (χ0v) is 11.1. The molecular weight excluding hydrogens is 236 g/mol. The van der Waals surface area contributed by atoms with Crippen LogP contribution in [0.2, 0.25) is 0 Å². The van der Waals surface area contributed by atoms with E-state index < -0.39 is 17.2 Å². The molecule has 0 atom stereocenters. The van der Waals surface area contributed by atoms with E-state index in [1.165, 1.54) is 7.05 Å². The molecule has 18 heavy (non-hydrogen) atoms. The van der Waals surface area contributed by atoms with Crippen molar-refractivity contribution in [3.8, 4) is 0 Å². The van der Waals surface area contributed by atoms with Crippen molar-refractivity contribution in [2.75, 3.05) is 7.05 Å². The van der Waals surface area contributed by atoms with E-state index in [4.69, 9.17) is 4.74 Å². The highest BCUT2D eigenvalue weighted by Crippen LogP contribution is 2.42. The van der Waals surface area contributed by atoms with E-state index in [1.807, 2.05) is 0 Å². The zero-order valence-electron chi connectivity index (χ0n) is 11.1. The monoisotopic (exact) mass is 254 g/mol. The molecule has 0 unspecified atom stereocenters. The second kappa shape index (κ2) is 3.70. The average molecular weight is 254 g/mol. The molecule has 0 bridgehead atoms. The summed E-state index contributed by atoms with van der Waals surface area (Å²) >= 11 is 0. The van der Waals surface area contributed by atoms with Crippen molar-refractivity contribution >= 4 is 17.9 Å². The number of likely N-dealkylation sites (N-methyl/N-ethyl adjacent to an activating group) is 1. The van der Waals surface area contributed by atoms with Crippen LogP contribution < -0.4 is 5.32 Å². The summed E-state index contributed by atoms with van der Waals surface area (Å²) in [5.74, 6) is -0.864. The number of carbonyl (C=O) groups excluding carboxylic acids is 3. The van der Waals surface area contributed by atoms with E-state index in [1.54, 1.807) is 20.8 Å². The first kappa shape index (κ1) is 12.9. The minimum absolute atomic E-state index is 0.257. The molecule has 1 N–H and O–H groups in total. The molecule has 100 valence electrons. The third-order valence-electron chi connectivity index (χ3n) is 3.29. The molecule has 2 rings (SSSR count). The van der Waals surface area contributed by atoms with Gasteiger partial charge in [-0.15, -0.1) is 0 Å². The lowest BCUT2D eigenvalue weighted by Crippen LogP contribution is -2.59. The van der Waals surface area contributed by atoms with Crippen LogP contribution in [-0.2, 0) is 14.3 Å². The highest BCUT2D eigenvalue weighted by Gasteiger charge is 2.60. The van der Waals surface area contributed by atoms with Gasteiger partial charge in [-0.05, 0) is 33.6 Å². The van der Waals surface area contributed by atoms with Gasteiger partial charge in [0.15, 0.2) is 0 Å². The Kier molecular flexibility index (Phi) is 2.64. The van der Waals surface area contributed by atoms with Crippen LogP contribution in [0.25, 0.3) is 0 Å². The highest BCUT2D eigenvalue weighted by atomic mass is 16.6. The number of hydrogen-bond acceptors (Lipinski definition) is 4. The van der Waals surface area contributed by atoms with Crippen LogP contribution in [-0.4, -0.2) is 41.0 Å². The lowest BCUT2D eigenvalue weighted by molar-refractivity contribution is -0.167. The molecular formula is C12H18N2O4. The fourth-order valence-corrected chi connectivity index (χ4v) is 2.37. The van der Waals surface area contributed by atoms with Crippen LogP contribution in [0.3, 0.4) is 0 Å². The average Bonchev–Trinajstić information content (AvgIpc) is 2.37. The summed E-state index contributed by atoms with van der Waals surface area (Å²) in [5, 5.41) is 2.64. The lowest BCUT2D eigenvalue weighted by atomic mass is 9.68. The number of imide groups is 1. The number of rotatable bonds is 1. The van der Waals surface area contributed by atoms with Crippen molar-refractivity contribution in [2.24, 2.45) is 5.92 Å². The van der Waals surface area contributed by atoms with E-state index in [2.05, 4.69) is 5.32 Å². The Hall–Kier alpha value is -1.59. The first-order chi connectivity index (χ1) is 8.15. The minimum atomic E-state index is -0.868. The van der Waals surface area contributed by atoms with Crippen molar-refractivity contribution in [2.45, 2.75) is 44.8 Å². The van der Waals surface area contributed by atoms with Crippen molar-refractivity contribution in [3.63, 3.8) is 0 Å². The van der Waals surface area contributed by atoms with E-state index in [9.17, 15) is 14.4 Å². The van der Waals surface area contributed by atoms with Crippen LogP contribution in [0.4, 0.5) is 4.79 Å². The largest absolute Gasteiger partial charge is 0.460 e. The van der Waals surface area contributed by atoms with Crippen LogP contribution in [0, 0.1) is 5.92 Å². The second-order valence-electron chi connectivity index (χ2n) is 6.02. The quantitative estimate of drug-likeness (QED) is 0.551. The first-order valence-corrected chi connectivity index (χ1v) is 5.98. The van der Waals surface area contributed by atoms with Gasteiger partial charge in [0.05, 0.1) is 5.92 Å². The minimum Gasteiger partial charge on any atom is -0.460 e. The number of ether oxygens (including phenoxy) is 1. The van der Waals surface area contributed by atoms with Crippen LogP contribution >= 0.6 is 0 Å². The third kappa shape index (κ3) is 1.95. The summed E-state index contributed by atoms with van der Waals surface area (Å²) in [6, 6.07) is -0.400. The van der Waals surface area contributed by atoms with Crippen molar-refractivity contribution in [3.05, 3.63) is 0 Å². The third-order valence-corrected chi connectivity index (χ3v) is 3.29. The number of hydrogen-bond donors (Lipinski definition) is 1. The topological polar surface area (TPSA) is 75.7 Å². The Morgan fingerprint density at radius 1 is 1.39 bits per heavy atom. The molecule has 1 saturated heterocycles. The Bertz CT molecular complexity index is 418. The second-order valence-corrected chi connectivity index (χ2v) is 6.02. The maximum absolute atomic E-state index is 11.9. The maximum Gasteiger partial charge on any atom is 0.324 e. The van der Waals surface area contributed by atoms with E-state index in [-0.39, 0.29) is 17.8 Å². The molecule has 1 aliphatic heterocycles. The van der Waals surface area contributed by atoms with Gasteiger partial charge in [0.1, 0.15) is 11.1 Å². The molecule has 1 heterocycles. The molecule has 2 fully saturated rings. The van der Waals surface area contributed by atoms with Crippen LogP contribution in [0.5, 0.6) is 0 Å². The smallest absolute Gasteiger partial charge is 0.324 e. The van der Waals surface area contributed by atoms with Crippen molar-refractivity contribution in [1.82, 2.24) is 10.2 Å². The molecule has 3 amide bonds. The van der Waals surface area contributed by atoms with Gasteiger partial charge in [-0.1, -0.05) is 0 Å². The molecule has 0 radical (unpaired) electrons. The van der Waals surface area contributed by atoms with Gasteiger partial charge in [-0.3, -0.25) is 14.5 Å². The summed E-state index contributed by atoms with van der Waals surface area (Å²) in [5.41, 5.74) is -1.40. The first-order valence-electron chi connectivity index (χ1n) is 5.98. The van der Waals surface area contributed by atoms with Crippen LogP contribution in [0.1, 0.15) is 33.6 Å². The molecule has 0 aromatic rings. The van der Waals surface area contributed by atoms with Gasteiger partial charge < -0.3 is 10.1 Å². The van der Waals surface area contributed by atoms with Gasteiger partial charge in [-0.2, -0.15) is 0 Å². The molecule has 0 aromatic carbocycles. The number of nitrogens with zero attached hydrogens (tertiary/aromatic N) is 1. The van der Waals surface area contributed by atoms with E-state index >= 15 is 0 Å². The zero-order chi connectivity index (χ0) is 13.7. The number of nitrogens with one attached hydrogen (secondary N) is 1. The molecule has 2 aliphatic rings. The summed E-state index contributed by atoms with van der Waals surface area (Å²) in [6.07, 6.45) is 0.660. The molecule has 1 aliphatic carbocycles. The number of amides is 3. The normalized spacial score (nSPS) is 31.3. The molecule has 6 heteroatoms. The van der Waals surface area contributed by atoms with Gasteiger partial charge >= 0.3 is 12.0 Å². The standard InChI is InChI=1S/C12H18N2O4/c1-11(2,3)18-8(15)7-5-12(6-7)9(16)14(4)10(17)13-12/h7H,5-6H2,1-4H3,(H,13,17).